The molecular weight excluding hydrogens is 200 g/mol. The molecule has 1 unspecified atom stereocenters. The van der Waals surface area contributed by atoms with E-state index in [9.17, 15) is 5.11 Å². The van der Waals surface area contributed by atoms with Gasteiger partial charge in [0.05, 0.1) is 6.10 Å². The SMILES string of the molecule is C=CC(C)Oc1ccc2c(c1)[C@@H](O)CCC2. The lowest BCUT2D eigenvalue weighted by molar-refractivity contribution is 0.155. The molecule has 1 aromatic carbocycles. The summed E-state index contributed by atoms with van der Waals surface area (Å²) >= 11 is 0. The van der Waals surface area contributed by atoms with Crippen molar-refractivity contribution in [3.63, 3.8) is 0 Å². The van der Waals surface area contributed by atoms with E-state index in [0.29, 0.717) is 0 Å². The molecule has 1 aliphatic carbocycles. The third kappa shape index (κ3) is 2.27. The number of aliphatic hydroxyl groups is 1. The van der Waals surface area contributed by atoms with Crippen LogP contribution in [0.25, 0.3) is 0 Å². The minimum absolute atomic E-state index is 0.00113. The van der Waals surface area contributed by atoms with E-state index in [-0.39, 0.29) is 12.2 Å². The van der Waals surface area contributed by atoms with Gasteiger partial charge in [0.1, 0.15) is 11.9 Å². The summed E-state index contributed by atoms with van der Waals surface area (Å²) in [7, 11) is 0. The molecule has 0 fully saturated rings. The van der Waals surface area contributed by atoms with E-state index in [1.165, 1.54) is 5.56 Å². The highest BCUT2D eigenvalue weighted by Gasteiger charge is 2.18. The Balaban J connectivity index is 2.23. The Kier molecular flexibility index (Phi) is 3.30. The molecule has 0 saturated heterocycles. The van der Waals surface area contributed by atoms with Crippen molar-refractivity contribution in [1.82, 2.24) is 0 Å². The Labute approximate surface area is 96.6 Å². The second-order valence-corrected chi connectivity index (χ2v) is 4.33. The quantitative estimate of drug-likeness (QED) is 0.790. The molecule has 1 N–H and O–H groups in total. The highest BCUT2D eigenvalue weighted by Crippen LogP contribution is 2.32. The second kappa shape index (κ2) is 4.71. The lowest BCUT2D eigenvalue weighted by Gasteiger charge is -2.22. The zero-order valence-corrected chi connectivity index (χ0v) is 9.65. The van der Waals surface area contributed by atoms with Crippen LogP contribution in [0, 0.1) is 0 Å². The van der Waals surface area contributed by atoms with Crippen LogP contribution in [-0.4, -0.2) is 11.2 Å². The van der Waals surface area contributed by atoms with Gasteiger partial charge in [0.25, 0.3) is 0 Å². The molecule has 0 radical (unpaired) electrons. The number of benzene rings is 1. The van der Waals surface area contributed by atoms with Gasteiger partial charge in [-0.15, -0.1) is 0 Å². The maximum absolute atomic E-state index is 9.90. The molecule has 0 aliphatic heterocycles. The molecule has 0 bridgehead atoms. The van der Waals surface area contributed by atoms with Gasteiger partial charge in [-0.05, 0) is 49.4 Å². The summed E-state index contributed by atoms with van der Waals surface area (Å²) in [4.78, 5) is 0. The first-order chi connectivity index (χ1) is 7.70. The summed E-state index contributed by atoms with van der Waals surface area (Å²) in [6.45, 7) is 5.63. The Morgan fingerprint density at radius 3 is 3.12 bits per heavy atom. The van der Waals surface area contributed by atoms with Crippen LogP contribution in [0.1, 0.15) is 37.0 Å². The molecule has 0 amide bonds. The van der Waals surface area contributed by atoms with Gasteiger partial charge < -0.3 is 9.84 Å². The number of ether oxygens (including phenoxy) is 1. The van der Waals surface area contributed by atoms with E-state index in [2.05, 4.69) is 12.6 Å². The molecule has 2 rings (SSSR count). The third-order valence-corrected chi connectivity index (χ3v) is 3.05. The largest absolute Gasteiger partial charge is 0.487 e. The van der Waals surface area contributed by atoms with Crippen LogP contribution in [0.2, 0.25) is 0 Å². The van der Waals surface area contributed by atoms with E-state index in [4.69, 9.17) is 4.74 Å². The monoisotopic (exact) mass is 218 g/mol. The summed E-state index contributed by atoms with van der Waals surface area (Å²) in [5, 5.41) is 9.90. The maximum Gasteiger partial charge on any atom is 0.120 e. The summed E-state index contributed by atoms with van der Waals surface area (Å²) in [6.07, 6.45) is 4.41. The van der Waals surface area contributed by atoms with Gasteiger partial charge in [-0.3, -0.25) is 0 Å². The molecule has 2 nitrogen and oxygen atoms in total. The van der Waals surface area contributed by atoms with Crippen molar-refractivity contribution in [2.24, 2.45) is 0 Å². The topological polar surface area (TPSA) is 29.5 Å². The highest BCUT2D eigenvalue weighted by atomic mass is 16.5. The van der Waals surface area contributed by atoms with Crippen molar-refractivity contribution in [3.8, 4) is 5.75 Å². The van der Waals surface area contributed by atoms with Crippen molar-refractivity contribution in [1.29, 1.82) is 0 Å². The van der Waals surface area contributed by atoms with Crippen LogP contribution in [0.15, 0.2) is 30.9 Å². The first-order valence-electron chi connectivity index (χ1n) is 5.81. The van der Waals surface area contributed by atoms with Crippen LogP contribution in [0.4, 0.5) is 0 Å². The van der Waals surface area contributed by atoms with Gasteiger partial charge in [0.15, 0.2) is 0 Å². The minimum atomic E-state index is -0.327. The normalized spacial score (nSPS) is 21.0. The average Bonchev–Trinajstić information content (AvgIpc) is 2.30. The number of fused-ring (bicyclic) bond motifs is 1. The number of rotatable bonds is 3. The Morgan fingerprint density at radius 2 is 2.38 bits per heavy atom. The second-order valence-electron chi connectivity index (χ2n) is 4.33. The average molecular weight is 218 g/mol. The standard InChI is InChI=1S/C14H18O2/c1-3-10(2)16-12-8-7-11-5-4-6-14(15)13(11)9-12/h3,7-10,14-15H,1,4-6H2,2H3/t10?,14-/m0/s1. The predicted octanol–water partition coefficient (Wildman–Crippen LogP) is 3.01. The van der Waals surface area contributed by atoms with Gasteiger partial charge in [-0.1, -0.05) is 18.7 Å². The predicted molar refractivity (Wildman–Crippen MR) is 64.6 cm³/mol. The number of aryl methyl sites for hydroxylation is 1. The van der Waals surface area contributed by atoms with Crippen LogP contribution >= 0.6 is 0 Å². The van der Waals surface area contributed by atoms with Crippen LogP contribution in [-0.2, 0) is 6.42 Å². The first kappa shape index (κ1) is 11.2. The minimum Gasteiger partial charge on any atom is -0.487 e. The van der Waals surface area contributed by atoms with Gasteiger partial charge in [-0.25, -0.2) is 0 Å². The summed E-state index contributed by atoms with van der Waals surface area (Å²) in [5.41, 5.74) is 2.28. The molecule has 1 aliphatic rings. The molecular formula is C14H18O2. The lowest BCUT2D eigenvalue weighted by Crippen LogP contribution is -2.11. The lowest BCUT2D eigenvalue weighted by atomic mass is 9.89. The van der Waals surface area contributed by atoms with E-state index in [0.717, 1.165) is 30.6 Å². The van der Waals surface area contributed by atoms with E-state index >= 15 is 0 Å². The van der Waals surface area contributed by atoms with E-state index < -0.39 is 0 Å². The Morgan fingerprint density at radius 1 is 1.56 bits per heavy atom. The fourth-order valence-corrected chi connectivity index (χ4v) is 2.09. The Bertz CT molecular complexity index is 384. The van der Waals surface area contributed by atoms with Gasteiger partial charge in [0, 0.05) is 0 Å². The van der Waals surface area contributed by atoms with Gasteiger partial charge >= 0.3 is 0 Å². The van der Waals surface area contributed by atoms with E-state index in [1.54, 1.807) is 6.08 Å². The Hall–Kier alpha value is -1.28. The van der Waals surface area contributed by atoms with Crippen LogP contribution in [0.3, 0.4) is 0 Å². The molecule has 2 atom stereocenters. The fraction of sp³-hybridized carbons (Fsp3) is 0.429. The van der Waals surface area contributed by atoms with Crippen molar-refractivity contribution in [3.05, 3.63) is 42.0 Å². The van der Waals surface area contributed by atoms with Crippen molar-refractivity contribution < 1.29 is 9.84 Å². The molecule has 0 heterocycles. The number of aliphatic hydroxyl groups excluding tert-OH is 1. The fourth-order valence-electron chi connectivity index (χ4n) is 2.09. The number of hydrogen-bond donors (Lipinski definition) is 1. The van der Waals surface area contributed by atoms with Crippen LogP contribution in [0.5, 0.6) is 5.75 Å². The van der Waals surface area contributed by atoms with E-state index in [1.807, 2.05) is 19.1 Å². The molecule has 16 heavy (non-hydrogen) atoms. The summed E-state index contributed by atoms with van der Waals surface area (Å²) in [6, 6.07) is 5.99. The van der Waals surface area contributed by atoms with Crippen molar-refractivity contribution >= 4 is 0 Å². The maximum atomic E-state index is 9.90. The highest BCUT2D eigenvalue weighted by molar-refractivity contribution is 5.38. The number of hydrogen-bond acceptors (Lipinski definition) is 2. The van der Waals surface area contributed by atoms with Crippen molar-refractivity contribution in [2.75, 3.05) is 0 Å². The smallest absolute Gasteiger partial charge is 0.120 e. The molecule has 0 saturated carbocycles. The molecule has 1 aromatic rings. The molecule has 2 heteroatoms. The zero-order chi connectivity index (χ0) is 11.5. The zero-order valence-electron chi connectivity index (χ0n) is 9.65. The third-order valence-electron chi connectivity index (χ3n) is 3.05. The van der Waals surface area contributed by atoms with Gasteiger partial charge in [-0.2, -0.15) is 0 Å². The van der Waals surface area contributed by atoms with Crippen LogP contribution < -0.4 is 4.74 Å². The first-order valence-corrected chi connectivity index (χ1v) is 5.81. The summed E-state index contributed by atoms with van der Waals surface area (Å²) < 4.78 is 5.65. The van der Waals surface area contributed by atoms with Gasteiger partial charge in [0.2, 0.25) is 0 Å². The molecule has 86 valence electrons. The summed E-state index contributed by atoms with van der Waals surface area (Å²) in [5.74, 6) is 0.812. The molecule has 0 aromatic heterocycles. The molecule has 0 spiro atoms. The van der Waals surface area contributed by atoms with Crippen molar-refractivity contribution in [2.45, 2.75) is 38.4 Å².